The maximum atomic E-state index is 12.6. The molecule has 1 N–H and O–H groups in total. The van der Waals surface area contributed by atoms with E-state index in [1.807, 2.05) is 28.0 Å². The van der Waals surface area contributed by atoms with Crippen LogP contribution >= 0.6 is 0 Å². The van der Waals surface area contributed by atoms with Gasteiger partial charge in [-0.15, -0.1) is 0 Å². The van der Waals surface area contributed by atoms with Crippen LogP contribution in [0.4, 0.5) is 4.79 Å². The highest BCUT2D eigenvalue weighted by Gasteiger charge is 2.31. The van der Waals surface area contributed by atoms with Crippen molar-refractivity contribution < 1.29 is 9.59 Å². The molecule has 1 aromatic rings. The van der Waals surface area contributed by atoms with Crippen molar-refractivity contribution in [2.75, 3.05) is 32.7 Å². The number of hydrogen-bond acceptors (Lipinski definition) is 2. The van der Waals surface area contributed by atoms with Gasteiger partial charge in [0.1, 0.15) is 0 Å². The zero-order valence-electron chi connectivity index (χ0n) is 15.1. The molecule has 0 bridgehead atoms. The first-order valence-electron chi connectivity index (χ1n) is 9.51. The van der Waals surface area contributed by atoms with Gasteiger partial charge in [-0.25, -0.2) is 4.79 Å². The molecule has 0 radical (unpaired) electrons. The average Bonchev–Trinajstić information content (AvgIpc) is 3.20. The first-order chi connectivity index (χ1) is 12.1. The Morgan fingerprint density at radius 2 is 1.76 bits per heavy atom. The molecule has 5 heteroatoms. The summed E-state index contributed by atoms with van der Waals surface area (Å²) in [7, 11) is 0. The summed E-state index contributed by atoms with van der Waals surface area (Å²) in [4.78, 5) is 28.9. The fourth-order valence-electron chi connectivity index (χ4n) is 3.77. The van der Waals surface area contributed by atoms with Gasteiger partial charge in [0.05, 0.1) is 5.92 Å². The van der Waals surface area contributed by atoms with Gasteiger partial charge in [-0.2, -0.15) is 0 Å². The van der Waals surface area contributed by atoms with Crippen LogP contribution in [0.15, 0.2) is 30.3 Å². The smallest absolute Gasteiger partial charge is 0.320 e. The van der Waals surface area contributed by atoms with E-state index >= 15 is 0 Å². The highest BCUT2D eigenvalue weighted by Crippen LogP contribution is 2.20. The van der Waals surface area contributed by atoms with E-state index in [0.717, 1.165) is 45.3 Å². The molecular formula is C20H29N3O2. The Morgan fingerprint density at radius 3 is 2.48 bits per heavy atom. The van der Waals surface area contributed by atoms with E-state index in [1.165, 1.54) is 5.56 Å². The summed E-state index contributed by atoms with van der Waals surface area (Å²) in [5.74, 6) is 0.293. The molecule has 2 saturated heterocycles. The summed E-state index contributed by atoms with van der Waals surface area (Å²) in [5.41, 5.74) is 1.23. The Hall–Kier alpha value is -2.04. The van der Waals surface area contributed by atoms with Crippen molar-refractivity contribution in [2.45, 2.75) is 38.5 Å². The molecule has 0 saturated carbocycles. The molecule has 0 unspecified atom stereocenters. The van der Waals surface area contributed by atoms with Crippen LogP contribution in [0.25, 0.3) is 0 Å². The van der Waals surface area contributed by atoms with Gasteiger partial charge < -0.3 is 15.1 Å². The van der Waals surface area contributed by atoms with Crippen molar-refractivity contribution in [1.29, 1.82) is 0 Å². The molecule has 5 nitrogen and oxygen atoms in total. The van der Waals surface area contributed by atoms with Crippen molar-refractivity contribution >= 4 is 11.9 Å². The minimum absolute atomic E-state index is 0.0803. The molecule has 2 aliphatic heterocycles. The van der Waals surface area contributed by atoms with E-state index in [2.05, 4.69) is 24.4 Å². The molecule has 3 rings (SSSR count). The fraction of sp³-hybridized carbons (Fsp3) is 0.600. The van der Waals surface area contributed by atoms with E-state index in [1.54, 1.807) is 0 Å². The van der Waals surface area contributed by atoms with Crippen LogP contribution < -0.4 is 5.32 Å². The highest BCUT2D eigenvalue weighted by atomic mass is 16.2. The largest absolute Gasteiger partial charge is 0.355 e. The van der Waals surface area contributed by atoms with Gasteiger partial charge in [0.2, 0.25) is 5.91 Å². The van der Waals surface area contributed by atoms with Crippen molar-refractivity contribution in [3.63, 3.8) is 0 Å². The number of nitrogens with zero attached hydrogens (tertiary/aromatic N) is 2. The van der Waals surface area contributed by atoms with Crippen molar-refractivity contribution in [1.82, 2.24) is 15.1 Å². The second-order valence-corrected chi connectivity index (χ2v) is 7.32. The topological polar surface area (TPSA) is 52.7 Å². The number of amides is 3. The van der Waals surface area contributed by atoms with Crippen molar-refractivity contribution in [2.24, 2.45) is 5.92 Å². The van der Waals surface area contributed by atoms with E-state index in [0.29, 0.717) is 13.1 Å². The number of benzene rings is 1. The van der Waals surface area contributed by atoms with Crippen LogP contribution in [-0.2, 0) is 4.79 Å². The molecule has 25 heavy (non-hydrogen) atoms. The van der Waals surface area contributed by atoms with Crippen LogP contribution in [0.2, 0.25) is 0 Å². The van der Waals surface area contributed by atoms with Gasteiger partial charge in [0.15, 0.2) is 0 Å². The lowest BCUT2D eigenvalue weighted by atomic mass is 9.96. The Labute approximate surface area is 150 Å². The van der Waals surface area contributed by atoms with Crippen LogP contribution in [-0.4, -0.2) is 54.5 Å². The Bertz CT molecular complexity index is 584. The molecule has 2 fully saturated rings. The number of likely N-dealkylation sites (tertiary alicyclic amines) is 2. The molecule has 2 atom stereocenters. The molecule has 3 amide bonds. The van der Waals surface area contributed by atoms with Gasteiger partial charge in [-0.1, -0.05) is 37.3 Å². The third kappa shape index (κ3) is 4.53. The second-order valence-electron chi connectivity index (χ2n) is 7.32. The van der Waals surface area contributed by atoms with E-state index in [9.17, 15) is 9.59 Å². The zero-order valence-corrected chi connectivity index (χ0v) is 15.1. The maximum Gasteiger partial charge on any atom is 0.320 e. The Balaban J connectivity index is 1.49. The SMILES string of the molecule is C[C@H](CNC(=O)[C@@H]1CCCN(C(=O)N2CCCC2)C1)c1ccccc1. The number of carbonyl (C=O) groups is 2. The molecule has 2 aliphatic rings. The fourth-order valence-corrected chi connectivity index (χ4v) is 3.77. The lowest BCUT2D eigenvalue weighted by Crippen LogP contribution is -2.49. The minimum Gasteiger partial charge on any atom is -0.355 e. The molecule has 0 spiro atoms. The minimum atomic E-state index is -0.0803. The lowest BCUT2D eigenvalue weighted by molar-refractivity contribution is -0.126. The van der Waals surface area contributed by atoms with Crippen LogP contribution in [0, 0.1) is 5.92 Å². The molecule has 0 aromatic heterocycles. The number of urea groups is 1. The van der Waals surface area contributed by atoms with Gasteiger partial charge in [-0.05, 0) is 37.2 Å². The molecule has 136 valence electrons. The summed E-state index contributed by atoms with van der Waals surface area (Å²) < 4.78 is 0. The number of piperidine rings is 1. The van der Waals surface area contributed by atoms with Crippen molar-refractivity contribution in [3.8, 4) is 0 Å². The van der Waals surface area contributed by atoms with Crippen molar-refractivity contribution in [3.05, 3.63) is 35.9 Å². The summed E-state index contributed by atoms with van der Waals surface area (Å²) in [6.45, 7) is 5.82. The number of carbonyl (C=O) groups excluding carboxylic acids is 2. The summed E-state index contributed by atoms with van der Waals surface area (Å²) in [6, 6.07) is 10.4. The third-order valence-corrected chi connectivity index (χ3v) is 5.39. The first-order valence-corrected chi connectivity index (χ1v) is 9.51. The van der Waals surface area contributed by atoms with Crippen LogP contribution in [0.5, 0.6) is 0 Å². The predicted molar refractivity (Wildman–Crippen MR) is 98.4 cm³/mol. The quantitative estimate of drug-likeness (QED) is 0.914. The van der Waals surface area contributed by atoms with E-state index in [-0.39, 0.29) is 23.8 Å². The van der Waals surface area contributed by atoms with Crippen LogP contribution in [0.1, 0.15) is 44.1 Å². The van der Waals surface area contributed by atoms with Gasteiger partial charge in [-0.3, -0.25) is 4.79 Å². The van der Waals surface area contributed by atoms with Gasteiger partial charge >= 0.3 is 6.03 Å². The third-order valence-electron chi connectivity index (χ3n) is 5.39. The molecule has 0 aliphatic carbocycles. The normalized spacial score (nSPS) is 21.9. The zero-order chi connectivity index (χ0) is 17.6. The number of hydrogen-bond donors (Lipinski definition) is 1. The predicted octanol–water partition coefficient (Wildman–Crippen LogP) is 2.83. The Morgan fingerprint density at radius 1 is 1.08 bits per heavy atom. The van der Waals surface area contributed by atoms with Crippen LogP contribution in [0.3, 0.4) is 0 Å². The van der Waals surface area contributed by atoms with E-state index in [4.69, 9.17) is 0 Å². The maximum absolute atomic E-state index is 12.6. The average molecular weight is 343 g/mol. The lowest BCUT2D eigenvalue weighted by Gasteiger charge is -2.34. The van der Waals surface area contributed by atoms with E-state index < -0.39 is 0 Å². The van der Waals surface area contributed by atoms with Gasteiger partial charge in [0.25, 0.3) is 0 Å². The molecular weight excluding hydrogens is 314 g/mol. The summed E-state index contributed by atoms with van der Waals surface area (Å²) in [5, 5.41) is 3.09. The molecule has 2 heterocycles. The van der Waals surface area contributed by atoms with Gasteiger partial charge in [0, 0.05) is 32.7 Å². The molecule has 1 aromatic carbocycles. The second kappa shape index (κ2) is 8.37. The first kappa shape index (κ1) is 17.8. The Kier molecular flexibility index (Phi) is 5.95. The number of nitrogens with one attached hydrogen (secondary N) is 1. The summed E-state index contributed by atoms with van der Waals surface area (Å²) in [6.07, 6.45) is 3.98. The summed E-state index contributed by atoms with van der Waals surface area (Å²) >= 11 is 0. The standard InChI is InChI=1S/C20H29N3O2/c1-16(17-8-3-2-4-9-17)14-21-19(24)18-10-7-13-23(15-18)20(25)22-11-5-6-12-22/h2-4,8-9,16,18H,5-7,10-15H2,1H3,(H,21,24)/t16-,18-/m1/s1. The highest BCUT2D eigenvalue weighted by molar-refractivity contribution is 5.81. The monoisotopic (exact) mass is 343 g/mol. The number of rotatable bonds is 4.